The maximum absolute atomic E-state index is 13.9. The predicted molar refractivity (Wildman–Crippen MR) is 121 cm³/mol. The third-order valence-electron chi connectivity index (χ3n) is 4.64. The van der Waals surface area contributed by atoms with Gasteiger partial charge in [0.15, 0.2) is 24.3 Å². The number of hydrogen-bond donors (Lipinski definition) is 2. The first-order chi connectivity index (χ1) is 14.2. The molecule has 2 aromatic rings. The van der Waals surface area contributed by atoms with Gasteiger partial charge in [0.1, 0.15) is 11.6 Å². The van der Waals surface area contributed by atoms with Crippen molar-refractivity contribution in [1.82, 2.24) is 10.6 Å². The molecule has 2 N–H and O–H groups in total. The van der Waals surface area contributed by atoms with Crippen LogP contribution in [0.5, 0.6) is 17.2 Å². The Hall–Kier alpha value is -2.27. The topological polar surface area (TPSA) is 73.3 Å². The van der Waals surface area contributed by atoms with E-state index >= 15 is 0 Å². The van der Waals surface area contributed by atoms with E-state index in [2.05, 4.69) is 15.6 Å². The second-order valence-electron chi connectivity index (χ2n) is 6.72. The Balaban J connectivity index is 0.00000256. The number of nitrogens with one attached hydrogen (secondary N) is 2. The van der Waals surface area contributed by atoms with Gasteiger partial charge < -0.3 is 29.6 Å². The second-order valence-corrected chi connectivity index (χ2v) is 6.72. The number of aliphatic imine (C=N–C) groups is 1. The highest BCUT2D eigenvalue weighted by molar-refractivity contribution is 14.0. The molecular formula is C21H25FIN3O4. The molecule has 162 valence electrons. The Bertz CT molecular complexity index is 910. The van der Waals surface area contributed by atoms with Crippen LogP contribution < -0.4 is 24.8 Å². The van der Waals surface area contributed by atoms with Crippen molar-refractivity contribution >= 4 is 29.9 Å². The fourth-order valence-corrected chi connectivity index (χ4v) is 3.31. The number of halogens is 2. The van der Waals surface area contributed by atoms with Crippen LogP contribution in [0.3, 0.4) is 0 Å². The molecule has 0 fully saturated rings. The average Bonchev–Trinajstić information content (AvgIpc) is 3.19. The summed E-state index contributed by atoms with van der Waals surface area (Å²) in [7, 11) is 0. The first-order valence-corrected chi connectivity index (χ1v) is 9.65. The highest BCUT2D eigenvalue weighted by atomic mass is 127. The average molecular weight is 529 g/mol. The molecule has 0 saturated carbocycles. The molecule has 0 saturated heterocycles. The van der Waals surface area contributed by atoms with E-state index in [0.717, 1.165) is 40.5 Å². The Morgan fingerprint density at radius 1 is 1.07 bits per heavy atom. The molecule has 0 aliphatic carbocycles. The van der Waals surface area contributed by atoms with Crippen LogP contribution in [-0.4, -0.2) is 32.6 Å². The highest BCUT2D eigenvalue weighted by Gasteiger charge is 2.17. The van der Waals surface area contributed by atoms with Crippen molar-refractivity contribution in [3.8, 4) is 17.2 Å². The van der Waals surface area contributed by atoms with Crippen molar-refractivity contribution in [3.63, 3.8) is 0 Å². The largest absolute Gasteiger partial charge is 0.467 e. The first kappa shape index (κ1) is 22.4. The molecule has 0 amide bonds. The third kappa shape index (κ3) is 5.45. The van der Waals surface area contributed by atoms with E-state index < -0.39 is 0 Å². The van der Waals surface area contributed by atoms with Gasteiger partial charge in [0.05, 0.1) is 13.2 Å². The smallest absolute Gasteiger partial charge is 0.231 e. The van der Waals surface area contributed by atoms with Crippen LogP contribution in [0.4, 0.5) is 4.39 Å². The Morgan fingerprint density at radius 2 is 1.93 bits per heavy atom. The van der Waals surface area contributed by atoms with Crippen LogP contribution in [0.25, 0.3) is 0 Å². The lowest BCUT2D eigenvalue weighted by Gasteiger charge is -2.21. The fraction of sp³-hybridized carbons (Fsp3) is 0.381. The number of guanidine groups is 1. The predicted octanol–water partition coefficient (Wildman–Crippen LogP) is 3.34. The minimum absolute atomic E-state index is 0. The van der Waals surface area contributed by atoms with Gasteiger partial charge in [-0.1, -0.05) is 6.07 Å². The summed E-state index contributed by atoms with van der Waals surface area (Å²) in [5, 5.41) is 6.51. The van der Waals surface area contributed by atoms with Gasteiger partial charge in [-0.05, 0) is 48.7 Å². The zero-order valence-electron chi connectivity index (χ0n) is 16.7. The minimum atomic E-state index is -0.281. The Kier molecular flexibility index (Phi) is 7.97. The molecule has 30 heavy (non-hydrogen) atoms. The lowest BCUT2D eigenvalue weighted by molar-refractivity contribution is -0.0172. The molecule has 4 rings (SSSR count). The van der Waals surface area contributed by atoms with E-state index in [1.54, 1.807) is 0 Å². The number of nitrogens with zero attached hydrogens (tertiary/aromatic N) is 1. The summed E-state index contributed by atoms with van der Waals surface area (Å²) in [6, 6.07) is 8.78. The molecule has 0 radical (unpaired) electrons. The van der Waals surface area contributed by atoms with E-state index in [-0.39, 0.29) is 43.4 Å². The number of benzene rings is 2. The Labute approximate surface area is 192 Å². The van der Waals surface area contributed by atoms with Gasteiger partial charge >= 0.3 is 0 Å². The van der Waals surface area contributed by atoms with Crippen molar-refractivity contribution in [2.24, 2.45) is 4.99 Å². The molecule has 2 heterocycles. The first-order valence-electron chi connectivity index (χ1n) is 9.65. The maximum Gasteiger partial charge on any atom is 0.231 e. The maximum atomic E-state index is 13.9. The van der Waals surface area contributed by atoms with Crippen molar-refractivity contribution in [2.75, 3.05) is 26.7 Å². The van der Waals surface area contributed by atoms with Crippen LogP contribution in [0, 0.1) is 5.82 Å². The van der Waals surface area contributed by atoms with E-state index in [0.29, 0.717) is 32.1 Å². The van der Waals surface area contributed by atoms with Gasteiger partial charge in [-0.2, -0.15) is 0 Å². The molecule has 2 aliphatic heterocycles. The monoisotopic (exact) mass is 529 g/mol. The van der Waals surface area contributed by atoms with Crippen LogP contribution in [0.15, 0.2) is 35.3 Å². The van der Waals surface area contributed by atoms with Crippen molar-refractivity contribution in [2.45, 2.75) is 26.5 Å². The molecule has 0 atom stereocenters. The SMILES string of the molecule is CCNC(=NCc1ccc2c(c1)OCO2)NCCc1cc(F)cc2c1OCOC2.I. The molecule has 0 spiro atoms. The molecule has 0 unspecified atom stereocenters. The lowest BCUT2D eigenvalue weighted by atomic mass is 10.1. The summed E-state index contributed by atoms with van der Waals surface area (Å²) in [4.78, 5) is 4.62. The van der Waals surface area contributed by atoms with E-state index in [1.807, 2.05) is 25.1 Å². The number of rotatable bonds is 6. The molecule has 9 heteroatoms. The summed E-state index contributed by atoms with van der Waals surface area (Å²) in [6.07, 6.45) is 0.606. The third-order valence-corrected chi connectivity index (χ3v) is 4.64. The minimum Gasteiger partial charge on any atom is -0.467 e. The molecule has 2 aromatic carbocycles. The molecule has 0 bridgehead atoms. The summed E-state index contributed by atoms with van der Waals surface area (Å²) in [5.41, 5.74) is 2.59. The summed E-state index contributed by atoms with van der Waals surface area (Å²) in [5.74, 6) is 2.64. The van der Waals surface area contributed by atoms with Gasteiger partial charge in [-0.3, -0.25) is 0 Å². The number of fused-ring (bicyclic) bond motifs is 2. The van der Waals surface area contributed by atoms with Crippen molar-refractivity contribution in [3.05, 3.63) is 52.8 Å². The van der Waals surface area contributed by atoms with Crippen LogP contribution >= 0.6 is 24.0 Å². The summed E-state index contributed by atoms with van der Waals surface area (Å²) < 4.78 is 35.4. The van der Waals surface area contributed by atoms with Gasteiger partial charge in [0.2, 0.25) is 6.79 Å². The van der Waals surface area contributed by atoms with Crippen molar-refractivity contribution in [1.29, 1.82) is 0 Å². The highest BCUT2D eigenvalue weighted by Crippen LogP contribution is 2.32. The quantitative estimate of drug-likeness (QED) is 0.340. The molecular weight excluding hydrogens is 504 g/mol. The molecule has 2 aliphatic rings. The van der Waals surface area contributed by atoms with Gasteiger partial charge in [0.25, 0.3) is 0 Å². The number of hydrogen-bond acceptors (Lipinski definition) is 5. The van der Waals surface area contributed by atoms with E-state index in [1.165, 1.54) is 12.1 Å². The summed E-state index contributed by atoms with van der Waals surface area (Å²) in [6.45, 7) is 4.66. The van der Waals surface area contributed by atoms with Crippen molar-refractivity contribution < 1.29 is 23.3 Å². The van der Waals surface area contributed by atoms with E-state index in [9.17, 15) is 4.39 Å². The fourth-order valence-electron chi connectivity index (χ4n) is 3.31. The van der Waals surface area contributed by atoms with E-state index in [4.69, 9.17) is 18.9 Å². The second kappa shape index (κ2) is 10.7. The lowest BCUT2D eigenvalue weighted by Crippen LogP contribution is -2.38. The normalized spacial score (nSPS) is 14.4. The van der Waals surface area contributed by atoms with Gasteiger partial charge in [-0.15, -0.1) is 24.0 Å². The zero-order valence-corrected chi connectivity index (χ0v) is 19.0. The number of ether oxygens (including phenoxy) is 4. The van der Waals surface area contributed by atoms with Gasteiger partial charge in [0, 0.05) is 18.7 Å². The van der Waals surface area contributed by atoms with Crippen LogP contribution in [0.1, 0.15) is 23.6 Å². The Morgan fingerprint density at radius 3 is 2.80 bits per heavy atom. The molecule has 7 nitrogen and oxygen atoms in total. The zero-order chi connectivity index (χ0) is 20.1. The standard InChI is InChI=1S/C21H24FN3O4.HI/c1-2-23-21(25-10-14-3-4-18-19(7-14)28-13-27-18)24-6-5-15-8-17(22)9-16-11-26-12-29-20(15)16;/h3-4,7-9H,2,5-6,10-13H2,1H3,(H2,23,24,25);1H. The summed E-state index contributed by atoms with van der Waals surface area (Å²) >= 11 is 0. The van der Waals surface area contributed by atoms with Gasteiger partial charge in [-0.25, -0.2) is 9.38 Å². The van der Waals surface area contributed by atoms with Crippen LogP contribution in [0.2, 0.25) is 0 Å². The molecule has 0 aromatic heterocycles. The van der Waals surface area contributed by atoms with Crippen LogP contribution in [-0.2, 0) is 24.3 Å².